The number of carbonyl (C=O) groups excluding carboxylic acids is 3. The second-order valence-corrected chi connectivity index (χ2v) is 8.97. The third kappa shape index (κ3) is 6.36. The molecule has 6 heteroatoms. The molecule has 6 nitrogen and oxygen atoms in total. The highest BCUT2D eigenvalue weighted by atomic mass is 16.2. The molecule has 0 radical (unpaired) electrons. The summed E-state index contributed by atoms with van der Waals surface area (Å²) in [6, 6.07) is 7.16. The van der Waals surface area contributed by atoms with Crippen LogP contribution in [-0.4, -0.2) is 29.8 Å². The van der Waals surface area contributed by atoms with E-state index in [0.717, 1.165) is 25.7 Å². The van der Waals surface area contributed by atoms with Crippen molar-refractivity contribution >= 4 is 23.4 Å². The highest BCUT2D eigenvalue weighted by Crippen LogP contribution is 2.26. The summed E-state index contributed by atoms with van der Waals surface area (Å²) in [6.45, 7) is 9.53. The molecule has 0 aromatic heterocycles. The molecular formula is C22H33N3O3. The van der Waals surface area contributed by atoms with Gasteiger partial charge in [0.15, 0.2) is 0 Å². The van der Waals surface area contributed by atoms with Crippen molar-refractivity contribution in [1.29, 1.82) is 0 Å². The monoisotopic (exact) mass is 387 g/mol. The maximum absolute atomic E-state index is 12.5. The van der Waals surface area contributed by atoms with Gasteiger partial charge in [0.2, 0.25) is 11.8 Å². The third-order valence-corrected chi connectivity index (χ3v) is 4.95. The summed E-state index contributed by atoms with van der Waals surface area (Å²) in [5.41, 5.74) is 0.864. The molecule has 3 N–H and O–H groups in total. The maximum Gasteiger partial charge on any atom is 0.251 e. The van der Waals surface area contributed by atoms with Crippen molar-refractivity contribution in [3.63, 3.8) is 0 Å². The first-order chi connectivity index (χ1) is 13.1. The standard InChI is InChI=1S/C22H33N3O3/c1-14(2)23-19(26)15-6-10-17(11-7-15)24-20(27)16-8-12-18(13-9-16)25-21(28)22(3,4)5/h6-7,10-11,14,16,18H,8-9,12-13H2,1-5H3,(H,23,26)(H,24,27)(H,25,28). The predicted molar refractivity (Wildman–Crippen MR) is 111 cm³/mol. The minimum atomic E-state index is -0.396. The fourth-order valence-electron chi connectivity index (χ4n) is 3.20. The van der Waals surface area contributed by atoms with Crippen LogP contribution in [0, 0.1) is 11.3 Å². The minimum absolute atomic E-state index is 0.0000186. The number of carbonyl (C=O) groups is 3. The molecular weight excluding hydrogens is 354 g/mol. The van der Waals surface area contributed by atoms with Crippen molar-refractivity contribution in [3.05, 3.63) is 29.8 Å². The SMILES string of the molecule is CC(C)NC(=O)c1ccc(NC(=O)C2CCC(NC(=O)C(C)(C)C)CC2)cc1. The van der Waals surface area contributed by atoms with Gasteiger partial charge in [-0.05, 0) is 63.8 Å². The van der Waals surface area contributed by atoms with Gasteiger partial charge in [-0.2, -0.15) is 0 Å². The Morgan fingerprint density at radius 3 is 2.04 bits per heavy atom. The van der Waals surface area contributed by atoms with Gasteiger partial charge in [0.1, 0.15) is 0 Å². The molecule has 0 unspecified atom stereocenters. The van der Waals surface area contributed by atoms with Gasteiger partial charge >= 0.3 is 0 Å². The molecule has 0 spiro atoms. The summed E-state index contributed by atoms with van der Waals surface area (Å²) in [4.78, 5) is 36.6. The summed E-state index contributed by atoms with van der Waals surface area (Å²) in [6.07, 6.45) is 3.15. The topological polar surface area (TPSA) is 87.3 Å². The Bertz CT molecular complexity index is 697. The van der Waals surface area contributed by atoms with Crippen molar-refractivity contribution in [2.45, 2.75) is 72.4 Å². The number of anilines is 1. The number of rotatable bonds is 5. The normalized spacial score (nSPS) is 19.8. The Kier molecular flexibility index (Phi) is 7.22. The molecule has 1 aliphatic rings. The number of amides is 3. The molecule has 1 aromatic carbocycles. The van der Waals surface area contributed by atoms with Crippen LogP contribution in [0.3, 0.4) is 0 Å². The fraction of sp³-hybridized carbons (Fsp3) is 0.591. The zero-order chi connectivity index (χ0) is 20.9. The number of benzene rings is 1. The second-order valence-electron chi connectivity index (χ2n) is 8.97. The fourth-order valence-corrected chi connectivity index (χ4v) is 3.20. The molecule has 1 aliphatic carbocycles. The first-order valence-electron chi connectivity index (χ1n) is 10.1. The van der Waals surface area contributed by atoms with Gasteiger partial charge in [0.05, 0.1) is 0 Å². The van der Waals surface area contributed by atoms with Crippen LogP contribution in [0.5, 0.6) is 0 Å². The lowest BCUT2D eigenvalue weighted by molar-refractivity contribution is -0.129. The van der Waals surface area contributed by atoms with Crippen molar-refractivity contribution in [2.24, 2.45) is 11.3 Å². The van der Waals surface area contributed by atoms with Crippen LogP contribution < -0.4 is 16.0 Å². The Labute approximate surface area is 167 Å². The lowest BCUT2D eigenvalue weighted by Crippen LogP contribution is -2.44. The summed E-state index contributed by atoms with van der Waals surface area (Å²) in [5, 5.41) is 8.87. The summed E-state index contributed by atoms with van der Waals surface area (Å²) in [5.74, 6) is -0.114. The summed E-state index contributed by atoms with van der Waals surface area (Å²) >= 11 is 0. The number of hydrogen-bond acceptors (Lipinski definition) is 3. The molecule has 1 fully saturated rings. The van der Waals surface area contributed by atoms with Crippen molar-refractivity contribution in [3.8, 4) is 0 Å². The maximum atomic E-state index is 12.5. The molecule has 0 bridgehead atoms. The Hall–Kier alpha value is -2.37. The van der Waals surface area contributed by atoms with Gasteiger partial charge in [-0.15, -0.1) is 0 Å². The molecule has 0 heterocycles. The highest BCUT2D eigenvalue weighted by Gasteiger charge is 2.29. The largest absolute Gasteiger partial charge is 0.353 e. The van der Waals surface area contributed by atoms with Crippen LogP contribution >= 0.6 is 0 Å². The quantitative estimate of drug-likeness (QED) is 0.723. The van der Waals surface area contributed by atoms with Crippen LogP contribution in [0.25, 0.3) is 0 Å². The van der Waals surface area contributed by atoms with E-state index in [2.05, 4.69) is 16.0 Å². The smallest absolute Gasteiger partial charge is 0.251 e. The van der Waals surface area contributed by atoms with E-state index >= 15 is 0 Å². The van der Waals surface area contributed by atoms with Crippen LogP contribution in [0.2, 0.25) is 0 Å². The molecule has 2 rings (SSSR count). The van der Waals surface area contributed by atoms with Crippen LogP contribution in [0.1, 0.15) is 70.7 Å². The van der Waals surface area contributed by atoms with Crippen molar-refractivity contribution in [2.75, 3.05) is 5.32 Å². The molecule has 0 aliphatic heterocycles. The molecule has 3 amide bonds. The molecule has 0 atom stereocenters. The van der Waals surface area contributed by atoms with Gasteiger partial charge in [-0.25, -0.2) is 0 Å². The zero-order valence-electron chi connectivity index (χ0n) is 17.6. The second kappa shape index (κ2) is 9.22. The first-order valence-corrected chi connectivity index (χ1v) is 10.1. The molecule has 1 aromatic rings. The molecule has 1 saturated carbocycles. The Balaban J connectivity index is 1.83. The van der Waals surface area contributed by atoms with Gasteiger partial charge < -0.3 is 16.0 Å². The lowest BCUT2D eigenvalue weighted by atomic mass is 9.84. The highest BCUT2D eigenvalue weighted by molar-refractivity contribution is 5.96. The minimum Gasteiger partial charge on any atom is -0.353 e. The van der Waals surface area contributed by atoms with E-state index in [1.54, 1.807) is 24.3 Å². The number of hydrogen-bond donors (Lipinski definition) is 3. The zero-order valence-corrected chi connectivity index (χ0v) is 17.6. The van der Waals surface area contributed by atoms with Gasteiger partial charge in [0, 0.05) is 34.7 Å². The van der Waals surface area contributed by atoms with Crippen LogP contribution in [-0.2, 0) is 9.59 Å². The predicted octanol–water partition coefficient (Wildman–Crippen LogP) is 3.48. The van der Waals surface area contributed by atoms with E-state index < -0.39 is 5.41 Å². The molecule has 154 valence electrons. The Morgan fingerprint density at radius 2 is 1.54 bits per heavy atom. The average Bonchev–Trinajstić information content (AvgIpc) is 2.61. The van der Waals surface area contributed by atoms with E-state index in [4.69, 9.17) is 0 Å². The summed E-state index contributed by atoms with van der Waals surface area (Å²) < 4.78 is 0. The van der Waals surface area contributed by atoms with Crippen LogP contribution in [0.4, 0.5) is 5.69 Å². The van der Waals surface area contributed by atoms with Gasteiger partial charge in [-0.1, -0.05) is 20.8 Å². The van der Waals surface area contributed by atoms with Crippen molar-refractivity contribution < 1.29 is 14.4 Å². The van der Waals surface area contributed by atoms with E-state index in [9.17, 15) is 14.4 Å². The van der Waals surface area contributed by atoms with Crippen molar-refractivity contribution in [1.82, 2.24) is 10.6 Å². The van der Waals surface area contributed by atoms with Crippen LogP contribution in [0.15, 0.2) is 24.3 Å². The van der Waals surface area contributed by atoms with E-state index in [1.165, 1.54) is 0 Å². The molecule has 28 heavy (non-hydrogen) atoms. The lowest BCUT2D eigenvalue weighted by Gasteiger charge is -2.30. The van der Waals surface area contributed by atoms with E-state index in [0.29, 0.717) is 11.3 Å². The summed E-state index contributed by atoms with van der Waals surface area (Å²) in [7, 11) is 0. The Morgan fingerprint density at radius 1 is 0.964 bits per heavy atom. The average molecular weight is 388 g/mol. The first kappa shape index (κ1) is 21.9. The van der Waals surface area contributed by atoms with E-state index in [1.807, 2.05) is 34.6 Å². The van der Waals surface area contributed by atoms with Gasteiger partial charge in [-0.3, -0.25) is 14.4 Å². The van der Waals surface area contributed by atoms with E-state index in [-0.39, 0.29) is 35.7 Å². The number of nitrogens with one attached hydrogen (secondary N) is 3. The van der Waals surface area contributed by atoms with Gasteiger partial charge in [0.25, 0.3) is 5.91 Å². The molecule has 0 saturated heterocycles. The third-order valence-electron chi connectivity index (χ3n) is 4.95.